The van der Waals surface area contributed by atoms with Crippen molar-refractivity contribution in [3.05, 3.63) is 35.4 Å². The van der Waals surface area contributed by atoms with Crippen molar-refractivity contribution in [2.75, 3.05) is 0 Å². The van der Waals surface area contributed by atoms with Crippen LogP contribution in [0.25, 0.3) is 0 Å². The average Bonchev–Trinajstić information content (AvgIpc) is 2.49. The molecule has 0 bridgehead atoms. The molecule has 0 fully saturated rings. The largest absolute Gasteiger partial charge is 1.00 e. The zero-order valence-corrected chi connectivity index (χ0v) is 18.3. The molecular formula is C19H33NaO3S. The summed E-state index contributed by atoms with van der Waals surface area (Å²) < 4.78 is 30.4. The molecule has 1 rings (SSSR count). The standard InChI is InChI=1S/C19H32O3S.Na.H/c1-2-3-4-5-6-7-8-9-10-11-12-18-13-15-19(16-14-18)17-23(20,21)22;;/h13-16H,2-12,17H2,1H3,(H,20,21,22);;/q;+1;-1. The van der Waals surface area contributed by atoms with Gasteiger partial charge in [-0.05, 0) is 24.0 Å². The summed E-state index contributed by atoms with van der Waals surface area (Å²) in [6, 6.07) is 7.52. The maximum atomic E-state index is 10.8. The molecule has 0 aliphatic rings. The third-order valence-corrected chi connectivity index (χ3v) is 4.89. The van der Waals surface area contributed by atoms with Gasteiger partial charge in [0.15, 0.2) is 0 Å². The molecule has 0 spiro atoms. The van der Waals surface area contributed by atoms with Crippen molar-refractivity contribution >= 4 is 10.1 Å². The van der Waals surface area contributed by atoms with E-state index in [9.17, 15) is 8.42 Å². The Kier molecular flexibility index (Phi) is 14.4. The summed E-state index contributed by atoms with van der Waals surface area (Å²) in [7, 11) is -3.93. The molecule has 0 heterocycles. The minimum atomic E-state index is -3.93. The first-order chi connectivity index (χ1) is 11.0. The molecule has 134 valence electrons. The maximum absolute atomic E-state index is 10.8. The average molecular weight is 365 g/mol. The van der Waals surface area contributed by atoms with Gasteiger partial charge in [0, 0.05) is 0 Å². The molecule has 0 amide bonds. The van der Waals surface area contributed by atoms with Crippen LogP contribution in [0.3, 0.4) is 0 Å². The number of unbranched alkanes of at least 4 members (excludes halogenated alkanes) is 9. The van der Waals surface area contributed by atoms with E-state index in [1.807, 2.05) is 12.1 Å². The zero-order chi connectivity index (χ0) is 17.0. The minimum Gasteiger partial charge on any atom is -1.00 e. The topological polar surface area (TPSA) is 54.4 Å². The Labute approximate surface area is 172 Å². The van der Waals surface area contributed by atoms with E-state index in [-0.39, 0.29) is 36.7 Å². The van der Waals surface area contributed by atoms with Gasteiger partial charge in [-0.15, -0.1) is 0 Å². The summed E-state index contributed by atoms with van der Waals surface area (Å²) >= 11 is 0. The van der Waals surface area contributed by atoms with Crippen molar-refractivity contribution in [3.8, 4) is 0 Å². The Bertz CT molecular complexity index is 518. The number of hydrogen-bond acceptors (Lipinski definition) is 2. The van der Waals surface area contributed by atoms with Crippen molar-refractivity contribution in [2.24, 2.45) is 0 Å². The summed E-state index contributed by atoms with van der Waals surface area (Å²) in [4.78, 5) is 0. The van der Waals surface area contributed by atoms with Crippen LogP contribution in [0.5, 0.6) is 0 Å². The van der Waals surface area contributed by atoms with E-state index in [1.54, 1.807) is 12.1 Å². The Morgan fingerprint density at radius 3 is 1.67 bits per heavy atom. The predicted molar refractivity (Wildman–Crippen MR) is 98.4 cm³/mol. The van der Waals surface area contributed by atoms with Gasteiger partial charge in [-0.2, -0.15) is 8.42 Å². The molecule has 1 aromatic carbocycles. The van der Waals surface area contributed by atoms with E-state index < -0.39 is 10.1 Å². The van der Waals surface area contributed by atoms with Crippen LogP contribution in [0.2, 0.25) is 0 Å². The normalized spacial score (nSPS) is 11.2. The molecule has 0 saturated heterocycles. The van der Waals surface area contributed by atoms with Gasteiger partial charge in [0.1, 0.15) is 5.75 Å². The predicted octanol–water partition coefficient (Wildman–Crippen LogP) is 2.65. The molecule has 0 atom stereocenters. The fraction of sp³-hybridized carbons (Fsp3) is 0.684. The Morgan fingerprint density at radius 2 is 1.21 bits per heavy atom. The molecule has 0 saturated carbocycles. The smallest absolute Gasteiger partial charge is 1.00 e. The second kappa shape index (κ2) is 14.3. The van der Waals surface area contributed by atoms with Crippen LogP contribution in [0.4, 0.5) is 0 Å². The van der Waals surface area contributed by atoms with E-state index in [4.69, 9.17) is 4.55 Å². The number of rotatable bonds is 13. The zero-order valence-electron chi connectivity index (χ0n) is 16.5. The van der Waals surface area contributed by atoms with E-state index in [1.165, 1.54) is 69.8 Å². The molecule has 1 N–H and O–H groups in total. The maximum Gasteiger partial charge on any atom is 1.00 e. The molecule has 3 nitrogen and oxygen atoms in total. The third kappa shape index (κ3) is 13.4. The van der Waals surface area contributed by atoms with Crippen LogP contribution in [0.1, 0.15) is 83.7 Å². The number of hydrogen-bond donors (Lipinski definition) is 1. The van der Waals surface area contributed by atoms with Gasteiger partial charge in [0.05, 0.1) is 0 Å². The van der Waals surface area contributed by atoms with Gasteiger partial charge >= 0.3 is 29.6 Å². The second-order valence-corrected chi connectivity index (χ2v) is 7.93. The van der Waals surface area contributed by atoms with Gasteiger partial charge in [0.25, 0.3) is 10.1 Å². The second-order valence-electron chi connectivity index (χ2n) is 6.47. The summed E-state index contributed by atoms with van der Waals surface area (Å²) in [5, 5.41) is 0. The first-order valence-corrected chi connectivity index (χ1v) is 10.6. The van der Waals surface area contributed by atoms with Crippen LogP contribution in [0.15, 0.2) is 24.3 Å². The molecule has 1 aromatic rings. The monoisotopic (exact) mass is 364 g/mol. The van der Waals surface area contributed by atoms with Crippen LogP contribution in [0, 0.1) is 0 Å². The van der Waals surface area contributed by atoms with Crippen LogP contribution < -0.4 is 29.6 Å². The van der Waals surface area contributed by atoms with E-state index in [0.717, 1.165) is 6.42 Å². The number of benzene rings is 1. The summed E-state index contributed by atoms with van der Waals surface area (Å²) in [6.45, 7) is 2.25. The van der Waals surface area contributed by atoms with Crippen LogP contribution >= 0.6 is 0 Å². The molecule has 0 unspecified atom stereocenters. The van der Waals surface area contributed by atoms with Crippen molar-refractivity contribution < 1.29 is 44.0 Å². The molecule has 0 aliphatic carbocycles. The van der Waals surface area contributed by atoms with Gasteiger partial charge in [-0.1, -0.05) is 89.0 Å². The van der Waals surface area contributed by atoms with Gasteiger partial charge < -0.3 is 1.43 Å². The van der Waals surface area contributed by atoms with Crippen LogP contribution in [-0.2, 0) is 22.3 Å². The van der Waals surface area contributed by atoms with Crippen molar-refractivity contribution in [1.82, 2.24) is 0 Å². The Balaban J connectivity index is 0. The van der Waals surface area contributed by atoms with Gasteiger partial charge in [0.2, 0.25) is 0 Å². The molecule has 0 radical (unpaired) electrons. The summed E-state index contributed by atoms with van der Waals surface area (Å²) in [6.07, 6.45) is 14.4. The van der Waals surface area contributed by atoms with E-state index >= 15 is 0 Å². The van der Waals surface area contributed by atoms with Crippen LogP contribution in [-0.4, -0.2) is 13.0 Å². The Morgan fingerprint density at radius 1 is 0.792 bits per heavy atom. The molecule has 0 aromatic heterocycles. The first kappa shape index (κ1) is 24.1. The SMILES string of the molecule is CCCCCCCCCCCCc1ccc(CS(=O)(=O)O)cc1.[H-].[Na+]. The van der Waals surface area contributed by atoms with E-state index in [0.29, 0.717) is 5.56 Å². The molecule has 24 heavy (non-hydrogen) atoms. The summed E-state index contributed by atoms with van der Waals surface area (Å²) in [5.41, 5.74) is 1.88. The fourth-order valence-corrected chi connectivity index (χ4v) is 3.44. The Hall–Kier alpha value is 0.130. The fourth-order valence-electron chi connectivity index (χ4n) is 2.83. The summed E-state index contributed by atoms with van der Waals surface area (Å²) in [5.74, 6) is -0.300. The van der Waals surface area contributed by atoms with Gasteiger partial charge in [-0.3, -0.25) is 4.55 Å². The van der Waals surface area contributed by atoms with Gasteiger partial charge in [-0.25, -0.2) is 0 Å². The molecule has 5 heteroatoms. The van der Waals surface area contributed by atoms with Crippen molar-refractivity contribution in [2.45, 2.75) is 83.3 Å². The van der Waals surface area contributed by atoms with E-state index in [2.05, 4.69) is 6.92 Å². The quantitative estimate of drug-likeness (QED) is 0.333. The third-order valence-electron chi connectivity index (χ3n) is 4.19. The molecule has 0 aliphatic heterocycles. The minimum absolute atomic E-state index is 0. The first-order valence-electron chi connectivity index (χ1n) is 9.04. The number of aryl methyl sites for hydroxylation is 1. The van der Waals surface area contributed by atoms with Crippen molar-refractivity contribution in [3.63, 3.8) is 0 Å². The van der Waals surface area contributed by atoms with Crippen molar-refractivity contribution in [1.29, 1.82) is 0 Å². The molecular weight excluding hydrogens is 331 g/mol.